The van der Waals surface area contributed by atoms with E-state index in [-0.39, 0.29) is 5.91 Å². The smallest absolute Gasteiger partial charge is 0.327 e. The van der Waals surface area contributed by atoms with Crippen LogP contribution in [0.15, 0.2) is 30.3 Å². The van der Waals surface area contributed by atoms with E-state index in [2.05, 4.69) is 10.2 Å². The third-order valence-electron chi connectivity index (χ3n) is 3.53. The second-order valence-electron chi connectivity index (χ2n) is 5.09. The summed E-state index contributed by atoms with van der Waals surface area (Å²) in [5.74, 6) is -1.32. The zero-order chi connectivity index (χ0) is 14.4. The Kier molecular flexibility index (Phi) is 5.12. The Morgan fingerprint density at radius 1 is 1.15 bits per heavy atom. The predicted molar refractivity (Wildman–Crippen MR) is 75.6 cm³/mol. The molecule has 20 heavy (non-hydrogen) atoms. The summed E-state index contributed by atoms with van der Waals surface area (Å²) in [6.07, 6.45) is 3.39. The molecule has 0 radical (unpaired) electrons. The van der Waals surface area contributed by atoms with Gasteiger partial charge in [0.2, 0.25) is 0 Å². The lowest BCUT2D eigenvalue weighted by atomic mass is 10.1. The number of nitrogens with zero attached hydrogens (tertiary/aromatic N) is 1. The SMILES string of the molecule is O=C(N[C@H](CN1CCCCC1)C(=O)O)c1ccccc1. The summed E-state index contributed by atoms with van der Waals surface area (Å²) in [5.41, 5.74) is 0.484. The Hall–Kier alpha value is -1.88. The van der Waals surface area contributed by atoms with Gasteiger partial charge in [0, 0.05) is 12.1 Å². The second-order valence-corrected chi connectivity index (χ2v) is 5.09. The fraction of sp³-hybridized carbons (Fsp3) is 0.467. The maximum Gasteiger partial charge on any atom is 0.327 e. The van der Waals surface area contributed by atoms with E-state index < -0.39 is 12.0 Å². The van der Waals surface area contributed by atoms with Crippen molar-refractivity contribution in [2.75, 3.05) is 19.6 Å². The van der Waals surface area contributed by atoms with Crippen molar-refractivity contribution in [3.05, 3.63) is 35.9 Å². The molecule has 0 saturated carbocycles. The van der Waals surface area contributed by atoms with Gasteiger partial charge in [0.1, 0.15) is 6.04 Å². The van der Waals surface area contributed by atoms with Gasteiger partial charge < -0.3 is 15.3 Å². The molecule has 1 aliphatic rings. The number of rotatable bonds is 5. The van der Waals surface area contributed by atoms with Gasteiger partial charge in [-0.3, -0.25) is 4.79 Å². The molecule has 5 heteroatoms. The maximum absolute atomic E-state index is 12.0. The summed E-state index contributed by atoms with van der Waals surface area (Å²) in [4.78, 5) is 25.4. The van der Waals surface area contributed by atoms with Crippen LogP contribution in [0.2, 0.25) is 0 Å². The molecule has 108 valence electrons. The summed E-state index contributed by atoms with van der Waals surface area (Å²) >= 11 is 0. The van der Waals surface area contributed by atoms with Gasteiger partial charge in [-0.05, 0) is 38.1 Å². The van der Waals surface area contributed by atoms with Crippen LogP contribution in [0, 0.1) is 0 Å². The van der Waals surface area contributed by atoms with Crippen LogP contribution in [0.25, 0.3) is 0 Å². The molecular formula is C15H20N2O3. The van der Waals surface area contributed by atoms with Crippen LogP contribution in [0.5, 0.6) is 0 Å². The molecule has 1 amide bonds. The molecule has 0 aromatic heterocycles. The molecule has 2 rings (SSSR count). The zero-order valence-corrected chi connectivity index (χ0v) is 11.4. The van der Waals surface area contributed by atoms with Crippen molar-refractivity contribution in [2.24, 2.45) is 0 Å². The van der Waals surface area contributed by atoms with E-state index in [4.69, 9.17) is 0 Å². The van der Waals surface area contributed by atoms with E-state index in [1.54, 1.807) is 24.3 Å². The van der Waals surface area contributed by atoms with E-state index in [1.807, 2.05) is 6.07 Å². The molecule has 2 N–H and O–H groups in total. The highest BCUT2D eigenvalue weighted by atomic mass is 16.4. The average molecular weight is 276 g/mol. The highest BCUT2D eigenvalue weighted by molar-refractivity contribution is 5.96. The van der Waals surface area contributed by atoms with Crippen LogP contribution in [0.3, 0.4) is 0 Å². The topological polar surface area (TPSA) is 69.6 Å². The standard InChI is InChI=1S/C15H20N2O3/c18-14(12-7-3-1-4-8-12)16-13(15(19)20)11-17-9-5-2-6-10-17/h1,3-4,7-8,13H,2,5-6,9-11H2,(H,16,18)(H,19,20)/t13-/m1/s1. The van der Waals surface area contributed by atoms with E-state index in [9.17, 15) is 14.7 Å². The van der Waals surface area contributed by atoms with Crippen LogP contribution in [0.1, 0.15) is 29.6 Å². The Balaban J connectivity index is 1.95. The molecule has 1 aliphatic heterocycles. The highest BCUT2D eigenvalue weighted by Gasteiger charge is 2.24. The number of carbonyl (C=O) groups is 2. The van der Waals surface area contributed by atoms with Gasteiger partial charge in [0.15, 0.2) is 0 Å². The number of aliphatic carboxylic acids is 1. The normalized spacial score (nSPS) is 17.4. The Labute approximate surface area is 118 Å². The van der Waals surface area contributed by atoms with Crippen molar-refractivity contribution in [3.63, 3.8) is 0 Å². The monoisotopic (exact) mass is 276 g/mol. The largest absolute Gasteiger partial charge is 0.480 e. The number of likely N-dealkylation sites (tertiary alicyclic amines) is 1. The van der Waals surface area contributed by atoms with Gasteiger partial charge in [-0.15, -0.1) is 0 Å². The first-order valence-corrected chi connectivity index (χ1v) is 6.98. The van der Waals surface area contributed by atoms with E-state index in [0.29, 0.717) is 12.1 Å². The molecule has 1 atom stereocenters. The fourth-order valence-electron chi connectivity index (χ4n) is 2.42. The van der Waals surface area contributed by atoms with Gasteiger partial charge in [0.05, 0.1) is 0 Å². The number of amides is 1. The Morgan fingerprint density at radius 3 is 2.40 bits per heavy atom. The number of carbonyl (C=O) groups excluding carboxylic acids is 1. The van der Waals surface area contributed by atoms with Gasteiger partial charge in [0.25, 0.3) is 5.91 Å². The number of benzene rings is 1. The van der Waals surface area contributed by atoms with Crippen molar-refractivity contribution < 1.29 is 14.7 Å². The van der Waals surface area contributed by atoms with Crippen LogP contribution in [-0.4, -0.2) is 47.6 Å². The summed E-state index contributed by atoms with van der Waals surface area (Å²) in [5, 5.41) is 11.9. The van der Waals surface area contributed by atoms with Crippen LogP contribution < -0.4 is 5.32 Å². The molecule has 1 aromatic rings. The minimum atomic E-state index is -0.986. The van der Waals surface area contributed by atoms with E-state index >= 15 is 0 Å². The quantitative estimate of drug-likeness (QED) is 0.852. The zero-order valence-electron chi connectivity index (χ0n) is 11.4. The number of carboxylic acid groups (broad SMARTS) is 1. The van der Waals surface area contributed by atoms with E-state index in [1.165, 1.54) is 6.42 Å². The van der Waals surface area contributed by atoms with Crippen LogP contribution >= 0.6 is 0 Å². The van der Waals surface area contributed by atoms with Gasteiger partial charge in [-0.2, -0.15) is 0 Å². The second kappa shape index (κ2) is 7.05. The van der Waals surface area contributed by atoms with E-state index in [0.717, 1.165) is 25.9 Å². The summed E-state index contributed by atoms with van der Waals surface area (Å²) in [6.45, 7) is 2.18. The van der Waals surface area contributed by atoms with Crippen molar-refractivity contribution in [1.29, 1.82) is 0 Å². The lowest BCUT2D eigenvalue weighted by molar-refractivity contribution is -0.139. The third kappa shape index (κ3) is 4.06. The van der Waals surface area contributed by atoms with Crippen LogP contribution in [0.4, 0.5) is 0 Å². The number of nitrogens with one attached hydrogen (secondary N) is 1. The molecule has 1 aromatic carbocycles. The molecule has 1 heterocycles. The lowest BCUT2D eigenvalue weighted by Gasteiger charge is -2.29. The molecule has 0 spiro atoms. The van der Waals surface area contributed by atoms with Crippen molar-refractivity contribution in [2.45, 2.75) is 25.3 Å². The molecule has 0 bridgehead atoms. The average Bonchev–Trinajstić information content (AvgIpc) is 2.48. The first kappa shape index (κ1) is 14.5. The minimum absolute atomic E-state index is 0.338. The first-order valence-electron chi connectivity index (χ1n) is 6.98. The molecule has 1 fully saturated rings. The van der Waals surface area contributed by atoms with Crippen LogP contribution in [-0.2, 0) is 4.79 Å². The molecule has 0 unspecified atom stereocenters. The summed E-state index contributed by atoms with van der Waals surface area (Å²) in [6, 6.07) is 7.83. The molecular weight excluding hydrogens is 256 g/mol. The number of hydrogen-bond donors (Lipinski definition) is 2. The van der Waals surface area contributed by atoms with Gasteiger partial charge in [-0.25, -0.2) is 4.79 Å². The molecule has 1 saturated heterocycles. The first-order chi connectivity index (χ1) is 9.66. The number of carboxylic acids is 1. The predicted octanol–water partition coefficient (Wildman–Crippen LogP) is 1.36. The minimum Gasteiger partial charge on any atom is -0.480 e. The van der Waals surface area contributed by atoms with Gasteiger partial charge >= 0.3 is 5.97 Å². The summed E-state index contributed by atoms with van der Waals surface area (Å²) in [7, 11) is 0. The van der Waals surface area contributed by atoms with Crippen molar-refractivity contribution in [1.82, 2.24) is 10.2 Å². The highest BCUT2D eigenvalue weighted by Crippen LogP contribution is 2.09. The number of piperidine rings is 1. The molecule has 5 nitrogen and oxygen atoms in total. The van der Waals surface area contributed by atoms with Crippen molar-refractivity contribution in [3.8, 4) is 0 Å². The Morgan fingerprint density at radius 2 is 1.80 bits per heavy atom. The third-order valence-corrected chi connectivity index (χ3v) is 3.53. The lowest BCUT2D eigenvalue weighted by Crippen LogP contribution is -2.49. The Bertz CT molecular complexity index is 455. The van der Waals surface area contributed by atoms with Crippen molar-refractivity contribution >= 4 is 11.9 Å². The number of hydrogen-bond acceptors (Lipinski definition) is 3. The van der Waals surface area contributed by atoms with Gasteiger partial charge in [-0.1, -0.05) is 24.6 Å². The molecule has 0 aliphatic carbocycles. The fourth-order valence-corrected chi connectivity index (χ4v) is 2.42. The summed E-state index contributed by atoms with van der Waals surface area (Å²) < 4.78 is 0. The maximum atomic E-state index is 12.0.